The van der Waals surface area contributed by atoms with E-state index in [0.717, 1.165) is 24.5 Å². The van der Waals surface area contributed by atoms with Gasteiger partial charge in [0.05, 0.1) is 18.4 Å². The van der Waals surface area contributed by atoms with E-state index in [1.807, 2.05) is 36.4 Å². The van der Waals surface area contributed by atoms with Crippen molar-refractivity contribution in [1.29, 1.82) is 0 Å². The largest absolute Gasteiger partial charge is 0.465 e. The van der Waals surface area contributed by atoms with Crippen LogP contribution < -0.4 is 4.90 Å². The summed E-state index contributed by atoms with van der Waals surface area (Å²) >= 11 is 0. The van der Waals surface area contributed by atoms with Crippen molar-refractivity contribution in [2.75, 3.05) is 18.6 Å². The molecule has 0 amide bonds. The first kappa shape index (κ1) is 19.3. The molecule has 0 saturated carbocycles. The first-order chi connectivity index (χ1) is 13.7. The Morgan fingerprint density at radius 2 is 1.57 bits per heavy atom. The fourth-order valence-electron chi connectivity index (χ4n) is 2.87. The van der Waals surface area contributed by atoms with Crippen molar-refractivity contribution in [3.8, 4) is 0 Å². The predicted octanol–water partition coefficient (Wildman–Crippen LogP) is 5.92. The quantitative estimate of drug-likeness (QED) is 0.382. The van der Waals surface area contributed by atoms with Crippen LogP contribution in [0, 0.1) is 0 Å². The predicted molar refractivity (Wildman–Crippen MR) is 112 cm³/mol. The summed E-state index contributed by atoms with van der Waals surface area (Å²) in [6.45, 7) is 3.90. The molecule has 0 aliphatic rings. The highest BCUT2D eigenvalue weighted by Gasteiger charge is 2.10. The van der Waals surface area contributed by atoms with Crippen LogP contribution in [0.4, 0.5) is 17.1 Å². The number of ether oxygens (including phenoxy) is 1. The van der Waals surface area contributed by atoms with Crippen molar-refractivity contribution >= 4 is 23.0 Å². The Hall–Kier alpha value is -3.47. The number of methoxy groups -OCH3 is 1. The number of rotatable bonds is 7. The summed E-state index contributed by atoms with van der Waals surface area (Å²) in [6, 6.07) is 25.3. The summed E-state index contributed by atoms with van der Waals surface area (Å²) in [5, 5.41) is 8.48. The molecule has 0 spiro atoms. The number of hydrogen-bond acceptors (Lipinski definition) is 5. The van der Waals surface area contributed by atoms with Crippen molar-refractivity contribution in [3.63, 3.8) is 0 Å². The van der Waals surface area contributed by atoms with Gasteiger partial charge in [-0.25, -0.2) is 4.79 Å². The molecule has 0 aliphatic carbocycles. The van der Waals surface area contributed by atoms with Crippen LogP contribution in [0.1, 0.15) is 22.8 Å². The lowest BCUT2D eigenvalue weighted by Crippen LogP contribution is -2.21. The maximum absolute atomic E-state index is 11.8. The van der Waals surface area contributed by atoms with Crippen LogP contribution in [0.25, 0.3) is 0 Å². The topological polar surface area (TPSA) is 54.3 Å². The van der Waals surface area contributed by atoms with E-state index in [1.54, 1.807) is 18.2 Å². The Balaban J connectivity index is 1.74. The van der Waals surface area contributed by atoms with Crippen LogP contribution in [0.3, 0.4) is 0 Å². The van der Waals surface area contributed by atoms with Crippen molar-refractivity contribution in [2.45, 2.75) is 13.5 Å². The molecular weight excluding hydrogens is 350 g/mol. The van der Waals surface area contributed by atoms with Gasteiger partial charge in [-0.1, -0.05) is 42.5 Å². The van der Waals surface area contributed by atoms with Crippen LogP contribution >= 0.6 is 0 Å². The summed E-state index contributed by atoms with van der Waals surface area (Å²) in [6.07, 6.45) is 0. The molecule has 0 bridgehead atoms. The van der Waals surface area contributed by atoms with E-state index in [9.17, 15) is 4.79 Å². The molecule has 3 aromatic carbocycles. The molecule has 5 nitrogen and oxygen atoms in total. The summed E-state index contributed by atoms with van der Waals surface area (Å²) < 4.78 is 4.79. The van der Waals surface area contributed by atoms with Gasteiger partial charge in [0.15, 0.2) is 0 Å². The lowest BCUT2D eigenvalue weighted by atomic mass is 10.2. The van der Waals surface area contributed by atoms with E-state index in [4.69, 9.17) is 4.74 Å². The third kappa shape index (κ3) is 4.82. The standard InChI is InChI=1S/C23H23N3O2/c1-3-26(17-18-9-5-4-6-10-18)20-15-13-19(14-16-20)24-25-22-12-8-7-11-21(22)23(27)28-2/h4-16H,3,17H2,1-2H3. The number of nitrogens with zero attached hydrogens (tertiary/aromatic N) is 3. The second-order valence-corrected chi connectivity index (χ2v) is 6.22. The first-order valence-corrected chi connectivity index (χ1v) is 9.19. The zero-order chi connectivity index (χ0) is 19.8. The molecule has 0 heterocycles. The Kier molecular flexibility index (Phi) is 6.52. The highest BCUT2D eigenvalue weighted by molar-refractivity contribution is 5.94. The molecule has 0 N–H and O–H groups in total. The normalized spacial score (nSPS) is 10.8. The van der Waals surface area contributed by atoms with Crippen LogP contribution in [0.15, 0.2) is 89.1 Å². The van der Waals surface area contributed by atoms with Crippen molar-refractivity contribution < 1.29 is 9.53 Å². The van der Waals surface area contributed by atoms with Gasteiger partial charge in [-0.05, 0) is 48.9 Å². The summed E-state index contributed by atoms with van der Waals surface area (Å²) in [5.41, 5.74) is 4.00. The van der Waals surface area contributed by atoms with Crippen LogP contribution in [-0.2, 0) is 11.3 Å². The lowest BCUT2D eigenvalue weighted by Gasteiger charge is -2.23. The number of carbonyl (C=O) groups excluding carboxylic acids is 1. The van der Waals surface area contributed by atoms with E-state index < -0.39 is 5.97 Å². The van der Waals surface area contributed by atoms with Gasteiger partial charge in [0.25, 0.3) is 0 Å². The van der Waals surface area contributed by atoms with Crippen LogP contribution in [0.5, 0.6) is 0 Å². The monoisotopic (exact) mass is 373 g/mol. The minimum absolute atomic E-state index is 0.394. The number of anilines is 1. The zero-order valence-corrected chi connectivity index (χ0v) is 16.1. The molecule has 0 unspecified atom stereocenters. The van der Waals surface area contributed by atoms with Gasteiger partial charge < -0.3 is 9.64 Å². The molecule has 0 radical (unpaired) electrons. The molecule has 0 atom stereocenters. The van der Waals surface area contributed by atoms with Crippen LogP contribution in [0.2, 0.25) is 0 Å². The maximum Gasteiger partial charge on any atom is 0.340 e. The maximum atomic E-state index is 11.8. The minimum Gasteiger partial charge on any atom is -0.465 e. The molecule has 0 aliphatic heterocycles. The number of benzene rings is 3. The van der Waals surface area contributed by atoms with Gasteiger partial charge in [0, 0.05) is 18.8 Å². The molecule has 0 fully saturated rings. The second kappa shape index (κ2) is 9.46. The zero-order valence-electron chi connectivity index (χ0n) is 16.1. The van der Waals surface area contributed by atoms with E-state index in [1.165, 1.54) is 12.7 Å². The third-order valence-corrected chi connectivity index (χ3v) is 4.40. The highest BCUT2D eigenvalue weighted by atomic mass is 16.5. The summed E-state index contributed by atoms with van der Waals surface area (Å²) in [7, 11) is 1.35. The van der Waals surface area contributed by atoms with Gasteiger partial charge in [0.1, 0.15) is 5.69 Å². The molecular formula is C23H23N3O2. The second-order valence-electron chi connectivity index (χ2n) is 6.22. The average molecular weight is 373 g/mol. The highest BCUT2D eigenvalue weighted by Crippen LogP contribution is 2.25. The Morgan fingerprint density at radius 3 is 2.25 bits per heavy atom. The Morgan fingerprint density at radius 1 is 0.893 bits per heavy atom. The van der Waals surface area contributed by atoms with Gasteiger partial charge in [-0.2, -0.15) is 5.11 Å². The van der Waals surface area contributed by atoms with Gasteiger partial charge in [0.2, 0.25) is 0 Å². The van der Waals surface area contributed by atoms with E-state index >= 15 is 0 Å². The Labute approximate surface area is 165 Å². The summed E-state index contributed by atoms with van der Waals surface area (Å²) in [5.74, 6) is -0.426. The number of azo groups is 1. The van der Waals surface area contributed by atoms with Crippen molar-refractivity contribution in [2.24, 2.45) is 10.2 Å². The van der Waals surface area contributed by atoms with Crippen molar-refractivity contribution in [3.05, 3.63) is 90.0 Å². The smallest absolute Gasteiger partial charge is 0.340 e. The Bertz CT molecular complexity index is 938. The first-order valence-electron chi connectivity index (χ1n) is 9.19. The fourth-order valence-corrected chi connectivity index (χ4v) is 2.87. The molecule has 0 saturated heterocycles. The number of esters is 1. The number of carbonyl (C=O) groups is 1. The summed E-state index contributed by atoms with van der Waals surface area (Å²) in [4.78, 5) is 14.1. The molecule has 0 aromatic heterocycles. The molecule has 3 aromatic rings. The molecule has 3 rings (SSSR count). The molecule has 142 valence electrons. The van der Waals surface area contributed by atoms with Crippen molar-refractivity contribution in [1.82, 2.24) is 0 Å². The van der Waals surface area contributed by atoms with E-state index in [0.29, 0.717) is 11.3 Å². The molecule has 5 heteroatoms. The lowest BCUT2D eigenvalue weighted by molar-refractivity contribution is 0.0601. The van der Waals surface area contributed by atoms with Gasteiger partial charge in [-0.3, -0.25) is 0 Å². The minimum atomic E-state index is -0.426. The average Bonchev–Trinajstić information content (AvgIpc) is 2.77. The van der Waals surface area contributed by atoms with E-state index in [-0.39, 0.29) is 0 Å². The SMILES string of the molecule is CCN(Cc1ccccc1)c1ccc(N=Nc2ccccc2C(=O)OC)cc1. The van der Waals surface area contributed by atoms with Gasteiger partial charge >= 0.3 is 5.97 Å². The van der Waals surface area contributed by atoms with Gasteiger partial charge in [-0.15, -0.1) is 5.11 Å². The molecule has 28 heavy (non-hydrogen) atoms. The third-order valence-electron chi connectivity index (χ3n) is 4.40. The van der Waals surface area contributed by atoms with Crippen LogP contribution in [-0.4, -0.2) is 19.6 Å². The fraction of sp³-hybridized carbons (Fsp3) is 0.174. The van der Waals surface area contributed by atoms with E-state index in [2.05, 4.69) is 46.3 Å². The number of hydrogen-bond donors (Lipinski definition) is 0.